The minimum Gasteiger partial charge on any atom is -0.508 e. The molecule has 5 nitrogen and oxygen atoms in total. The predicted molar refractivity (Wildman–Crippen MR) is 186 cm³/mol. The van der Waals surface area contributed by atoms with Crippen molar-refractivity contribution in [3.8, 4) is 17.2 Å². The van der Waals surface area contributed by atoms with Crippen LogP contribution in [0.2, 0.25) is 0 Å². The maximum absolute atomic E-state index is 11.2. The van der Waals surface area contributed by atoms with E-state index >= 15 is 0 Å². The van der Waals surface area contributed by atoms with Crippen molar-refractivity contribution in [3.63, 3.8) is 0 Å². The first-order chi connectivity index (χ1) is 20.6. The summed E-state index contributed by atoms with van der Waals surface area (Å²) in [6, 6.07) is 22.3. The molecule has 44 heavy (non-hydrogen) atoms. The topological polar surface area (TPSA) is 87.0 Å². The molecule has 0 aromatic heterocycles. The van der Waals surface area contributed by atoms with Crippen LogP contribution in [0.25, 0.3) is 0 Å². The van der Waals surface area contributed by atoms with E-state index in [1.807, 2.05) is 71.0 Å². The highest BCUT2D eigenvalue weighted by Crippen LogP contribution is 2.22. The van der Waals surface area contributed by atoms with E-state index in [-0.39, 0.29) is 17.5 Å². The van der Waals surface area contributed by atoms with Crippen molar-refractivity contribution in [1.29, 1.82) is 0 Å². The molecule has 4 atom stereocenters. The summed E-state index contributed by atoms with van der Waals surface area (Å²) in [6.45, 7) is 22.6. The molecule has 0 bridgehead atoms. The first-order valence-corrected chi connectivity index (χ1v) is 16.2. The number of benzene rings is 3. The molecule has 3 aromatic rings. The van der Waals surface area contributed by atoms with Crippen LogP contribution in [0.3, 0.4) is 0 Å². The van der Waals surface area contributed by atoms with Gasteiger partial charge in [-0.1, -0.05) is 91.8 Å². The second-order valence-electron chi connectivity index (χ2n) is 12.5. The van der Waals surface area contributed by atoms with Crippen molar-refractivity contribution in [1.82, 2.24) is 0 Å². The predicted octanol–water partition coefficient (Wildman–Crippen LogP) is 11.1. The van der Waals surface area contributed by atoms with Crippen LogP contribution in [-0.4, -0.2) is 26.9 Å². The van der Waals surface area contributed by atoms with Crippen LogP contribution in [0.4, 0.5) is 0 Å². The summed E-state index contributed by atoms with van der Waals surface area (Å²) >= 11 is 0. The van der Waals surface area contributed by atoms with E-state index in [2.05, 4.69) is 41.5 Å². The minimum absolute atomic E-state index is 0.0224. The van der Waals surface area contributed by atoms with Gasteiger partial charge < -0.3 is 20.1 Å². The number of phenols is 3. The van der Waals surface area contributed by atoms with Crippen LogP contribution < -0.4 is 0 Å². The van der Waals surface area contributed by atoms with E-state index in [9.17, 15) is 4.79 Å². The fourth-order valence-corrected chi connectivity index (χ4v) is 3.68. The summed E-state index contributed by atoms with van der Waals surface area (Å²) in [5, 5.41) is 27.0. The Morgan fingerprint density at radius 1 is 0.545 bits per heavy atom. The van der Waals surface area contributed by atoms with Gasteiger partial charge in [0.25, 0.3) is 0 Å². The van der Waals surface area contributed by atoms with Crippen molar-refractivity contribution in [2.45, 2.75) is 125 Å². The van der Waals surface area contributed by atoms with E-state index in [1.54, 1.807) is 36.4 Å². The van der Waals surface area contributed by atoms with Gasteiger partial charge in [0.15, 0.2) is 0 Å². The van der Waals surface area contributed by atoms with Gasteiger partial charge in [-0.25, -0.2) is 0 Å². The molecule has 0 spiro atoms. The molecule has 246 valence electrons. The van der Waals surface area contributed by atoms with Gasteiger partial charge in [-0.05, 0) is 117 Å². The lowest BCUT2D eigenvalue weighted by Gasteiger charge is -2.21. The van der Waals surface area contributed by atoms with Crippen LogP contribution in [0.15, 0.2) is 72.8 Å². The number of phenolic OH excluding ortho intramolecular Hbond substituents is 3. The Morgan fingerprint density at radius 3 is 0.977 bits per heavy atom. The molecule has 4 unspecified atom stereocenters. The molecule has 0 saturated carbocycles. The quantitative estimate of drug-likeness (QED) is 0.221. The highest BCUT2D eigenvalue weighted by molar-refractivity contribution is 5.72. The Labute approximate surface area is 268 Å². The molecule has 0 aliphatic carbocycles. The number of hydrogen-bond donors (Lipinski definition) is 3. The maximum Gasteiger partial charge on any atom is 0.309 e. The zero-order valence-electron chi connectivity index (χ0n) is 29.2. The smallest absolute Gasteiger partial charge is 0.309 e. The van der Waals surface area contributed by atoms with Gasteiger partial charge in [-0.2, -0.15) is 0 Å². The van der Waals surface area contributed by atoms with Crippen LogP contribution in [0, 0.1) is 5.92 Å². The van der Waals surface area contributed by atoms with Crippen LogP contribution in [0.1, 0.15) is 136 Å². The third-order valence-corrected chi connectivity index (χ3v) is 7.65. The number of aromatic hydroxyl groups is 3. The van der Waals surface area contributed by atoms with Crippen molar-refractivity contribution in [2.75, 3.05) is 0 Å². The monoisotopic (exact) mass is 608 g/mol. The Hall–Kier alpha value is -3.47. The highest BCUT2D eigenvalue weighted by atomic mass is 16.6. The van der Waals surface area contributed by atoms with Crippen molar-refractivity contribution < 1.29 is 24.9 Å². The molecule has 0 heterocycles. The Kier molecular flexibility index (Phi) is 19.6. The van der Waals surface area contributed by atoms with Crippen molar-refractivity contribution in [2.24, 2.45) is 5.92 Å². The molecule has 3 rings (SSSR count). The summed E-state index contributed by atoms with van der Waals surface area (Å²) in [5.41, 5.74) is 3.54. The van der Waals surface area contributed by atoms with Gasteiger partial charge in [0.05, 0.1) is 5.92 Å². The molecule has 3 N–H and O–H groups in total. The Morgan fingerprint density at radius 2 is 0.795 bits per heavy atom. The Balaban J connectivity index is 0.000000560. The second kappa shape index (κ2) is 21.3. The van der Waals surface area contributed by atoms with E-state index in [0.717, 1.165) is 25.7 Å². The number of ether oxygens (including phenoxy) is 1. The molecule has 5 heteroatoms. The summed E-state index contributed by atoms with van der Waals surface area (Å²) in [6.07, 6.45) is 4.27. The maximum atomic E-state index is 11.2. The van der Waals surface area contributed by atoms with Crippen molar-refractivity contribution in [3.05, 3.63) is 89.5 Å². The number of carbonyl (C=O) groups excluding carboxylic acids is 1. The lowest BCUT2D eigenvalue weighted by atomic mass is 9.99. The van der Waals surface area contributed by atoms with E-state index in [0.29, 0.717) is 35.0 Å². The van der Waals surface area contributed by atoms with Gasteiger partial charge in [-0.15, -0.1) is 0 Å². The third kappa shape index (κ3) is 17.6. The van der Waals surface area contributed by atoms with Crippen LogP contribution >= 0.6 is 0 Å². The standard InChI is InChI=1S/3C10H14O.C9H18O2/c3*1-3-8(2)9-4-6-10(11)7-5-9;1-6-7(2)8(10)11-9(3,4)5/h3*4-8,11H,3H2,1-2H3;7H,6H2,1-5H3. The number of rotatable bonds is 8. The molecule has 0 saturated heterocycles. The fourth-order valence-electron chi connectivity index (χ4n) is 3.68. The van der Waals surface area contributed by atoms with E-state index < -0.39 is 0 Å². The van der Waals surface area contributed by atoms with E-state index in [4.69, 9.17) is 20.1 Å². The van der Waals surface area contributed by atoms with E-state index in [1.165, 1.54) is 16.7 Å². The number of hydrogen-bond acceptors (Lipinski definition) is 5. The lowest BCUT2D eigenvalue weighted by Crippen LogP contribution is -2.27. The molecule has 0 amide bonds. The molecule has 0 fully saturated rings. The third-order valence-electron chi connectivity index (χ3n) is 7.65. The van der Waals surface area contributed by atoms with Gasteiger partial charge in [0.1, 0.15) is 22.8 Å². The van der Waals surface area contributed by atoms with Crippen molar-refractivity contribution >= 4 is 5.97 Å². The second-order valence-corrected chi connectivity index (χ2v) is 12.5. The zero-order chi connectivity index (χ0) is 33.9. The molecular formula is C39H60O5. The zero-order valence-corrected chi connectivity index (χ0v) is 29.2. The summed E-state index contributed by atoms with van der Waals surface area (Å²) in [5.74, 6) is 2.74. The largest absolute Gasteiger partial charge is 0.508 e. The normalized spacial score (nSPS) is 13.2. The molecule has 3 aromatic carbocycles. The lowest BCUT2D eigenvalue weighted by molar-refractivity contribution is -0.159. The summed E-state index contributed by atoms with van der Waals surface area (Å²) in [4.78, 5) is 11.2. The van der Waals surface area contributed by atoms with Crippen LogP contribution in [0.5, 0.6) is 17.2 Å². The first kappa shape index (κ1) is 40.5. The minimum atomic E-state index is -0.347. The number of esters is 1. The molecular weight excluding hydrogens is 548 g/mol. The Bertz CT molecular complexity index is 1020. The van der Waals surface area contributed by atoms with Crippen LogP contribution in [-0.2, 0) is 9.53 Å². The fraction of sp³-hybridized carbons (Fsp3) is 0.513. The summed E-state index contributed by atoms with van der Waals surface area (Å²) in [7, 11) is 0. The average Bonchev–Trinajstić information content (AvgIpc) is 3.00. The SMILES string of the molecule is CCC(C)C(=O)OC(C)(C)C.CCC(C)c1ccc(O)cc1.CCC(C)c1ccc(O)cc1.CCC(C)c1ccc(O)cc1. The van der Waals surface area contributed by atoms with Gasteiger partial charge in [0, 0.05) is 0 Å². The molecule has 0 radical (unpaired) electrons. The van der Waals surface area contributed by atoms with Gasteiger partial charge in [-0.3, -0.25) is 4.79 Å². The van der Waals surface area contributed by atoms with Gasteiger partial charge >= 0.3 is 5.97 Å². The number of carbonyl (C=O) groups is 1. The molecule has 0 aliphatic heterocycles. The average molecular weight is 609 g/mol. The molecule has 0 aliphatic rings. The van der Waals surface area contributed by atoms with Gasteiger partial charge in [0.2, 0.25) is 0 Å². The summed E-state index contributed by atoms with van der Waals surface area (Å²) < 4.78 is 5.15. The first-order valence-electron chi connectivity index (χ1n) is 16.2. The highest BCUT2D eigenvalue weighted by Gasteiger charge is 2.19.